The second-order valence-electron chi connectivity index (χ2n) is 6.02. The molecule has 1 aliphatic rings. The number of aliphatic hydroxyl groups is 1. The minimum atomic E-state index is -0.477. The molecule has 1 heterocycles. The van der Waals surface area contributed by atoms with Crippen LogP contribution in [0.15, 0.2) is 36.4 Å². The van der Waals surface area contributed by atoms with Crippen LogP contribution < -0.4 is 4.74 Å². The lowest BCUT2D eigenvalue weighted by Crippen LogP contribution is -2.20. The van der Waals surface area contributed by atoms with E-state index in [4.69, 9.17) is 4.74 Å². The molecule has 0 aromatic heterocycles. The summed E-state index contributed by atoms with van der Waals surface area (Å²) in [5.41, 5.74) is 5.83. The van der Waals surface area contributed by atoms with E-state index in [-0.39, 0.29) is 5.92 Å². The average Bonchev–Trinajstić information content (AvgIpc) is 2.49. The second-order valence-corrected chi connectivity index (χ2v) is 6.02. The van der Waals surface area contributed by atoms with Crippen molar-refractivity contribution in [2.45, 2.75) is 39.2 Å². The monoisotopic (exact) mass is 282 g/mol. The zero-order valence-electron chi connectivity index (χ0n) is 12.9. The molecule has 0 saturated heterocycles. The fourth-order valence-corrected chi connectivity index (χ4v) is 3.22. The van der Waals surface area contributed by atoms with Gasteiger partial charge >= 0.3 is 0 Å². The van der Waals surface area contributed by atoms with Gasteiger partial charge in [0.1, 0.15) is 5.75 Å². The molecule has 0 radical (unpaired) electrons. The van der Waals surface area contributed by atoms with Crippen LogP contribution in [0.1, 0.15) is 46.3 Å². The first-order chi connectivity index (χ1) is 10.1. The number of ether oxygens (including phenoxy) is 1. The third-order valence-electron chi connectivity index (χ3n) is 4.59. The van der Waals surface area contributed by atoms with E-state index in [1.54, 1.807) is 0 Å². The Hall–Kier alpha value is -1.80. The van der Waals surface area contributed by atoms with Crippen molar-refractivity contribution in [1.82, 2.24) is 0 Å². The van der Waals surface area contributed by atoms with Crippen LogP contribution in [-0.4, -0.2) is 11.7 Å². The maximum Gasteiger partial charge on any atom is 0.122 e. The molecule has 2 aromatic carbocycles. The molecule has 2 heteroatoms. The van der Waals surface area contributed by atoms with Crippen LogP contribution in [0.3, 0.4) is 0 Å². The molecule has 0 saturated carbocycles. The Kier molecular flexibility index (Phi) is 3.73. The first-order valence-electron chi connectivity index (χ1n) is 7.55. The molecule has 110 valence electrons. The van der Waals surface area contributed by atoms with Gasteiger partial charge < -0.3 is 9.84 Å². The van der Waals surface area contributed by atoms with Crippen molar-refractivity contribution in [1.29, 1.82) is 0 Å². The molecule has 2 nitrogen and oxygen atoms in total. The lowest BCUT2D eigenvalue weighted by atomic mass is 9.83. The van der Waals surface area contributed by atoms with Crippen molar-refractivity contribution >= 4 is 0 Å². The van der Waals surface area contributed by atoms with E-state index in [9.17, 15) is 5.11 Å². The Balaban J connectivity index is 2.00. The second kappa shape index (κ2) is 5.53. The van der Waals surface area contributed by atoms with Gasteiger partial charge in [-0.3, -0.25) is 0 Å². The molecular formula is C19H22O2. The summed E-state index contributed by atoms with van der Waals surface area (Å²) in [5, 5.41) is 10.9. The van der Waals surface area contributed by atoms with Gasteiger partial charge in [-0.05, 0) is 55.5 Å². The Morgan fingerprint density at radius 2 is 1.76 bits per heavy atom. The Morgan fingerprint density at radius 1 is 1.05 bits per heavy atom. The van der Waals surface area contributed by atoms with Crippen molar-refractivity contribution < 1.29 is 9.84 Å². The van der Waals surface area contributed by atoms with Gasteiger partial charge in [0.2, 0.25) is 0 Å². The standard InChI is InChI=1S/C19H22O2/c1-12-10-14(3)17(11-13(12)2)19(20)16-8-9-21-18-7-5-4-6-15(16)18/h4-7,10-11,16,19-20H,8-9H2,1-3H3. The fourth-order valence-electron chi connectivity index (χ4n) is 3.22. The Labute approximate surface area is 126 Å². The summed E-state index contributed by atoms with van der Waals surface area (Å²) in [6.07, 6.45) is 0.374. The van der Waals surface area contributed by atoms with Gasteiger partial charge in [-0.2, -0.15) is 0 Å². The minimum absolute atomic E-state index is 0.107. The van der Waals surface area contributed by atoms with E-state index in [1.807, 2.05) is 18.2 Å². The molecule has 0 bridgehead atoms. The third-order valence-corrected chi connectivity index (χ3v) is 4.59. The molecule has 2 atom stereocenters. The van der Waals surface area contributed by atoms with Crippen LogP contribution in [0.4, 0.5) is 0 Å². The van der Waals surface area contributed by atoms with E-state index in [0.717, 1.165) is 28.9 Å². The van der Waals surface area contributed by atoms with Gasteiger partial charge in [0.15, 0.2) is 0 Å². The lowest BCUT2D eigenvalue weighted by Gasteiger charge is -2.30. The van der Waals surface area contributed by atoms with E-state index in [0.29, 0.717) is 6.61 Å². The number of fused-ring (bicyclic) bond motifs is 1. The van der Waals surface area contributed by atoms with Gasteiger partial charge in [0.25, 0.3) is 0 Å². The number of para-hydroxylation sites is 1. The SMILES string of the molecule is Cc1cc(C)c(C(O)C2CCOc3ccccc32)cc1C. The number of aryl methyl sites for hydroxylation is 3. The fraction of sp³-hybridized carbons (Fsp3) is 0.368. The Morgan fingerprint density at radius 3 is 2.57 bits per heavy atom. The first kappa shape index (κ1) is 14.2. The van der Waals surface area contributed by atoms with Crippen molar-refractivity contribution in [3.8, 4) is 5.75 Å². The summed E-state index contributed by atoms with van der Waals surface area (Å²) < 4.78 is 5.70. The van der Waals surface area contributed by atoms with E-state index in [1.165, 1.54) is 11.1 Å². The normalized spacial score (nSPS) is 18.8. The highest BCUT2D eigenvalue weighted by molar-refractivity contribution is 5.43. The van der Waals surface area contributed by atoms with Crippen molar-refractivity contribution in [2.24, 2.45) is 0 Å². The first-order valence-corrected chi connectivity index (χ1v) is 7.55. The Bertz CT molecular complexity index is 661. The average molecular weight is 282 g/mol. The number of benzene rings is 2. The number of aliphatic hydroxyl groups excluding tert-OH is 1. The van der Waals surface area contributed by atoms with Crippen LogP contribution in [0, 0.1) is 20.8 Å². The van der Waals surface area contributed by atoms with E-state index >= 15 is 0 Å². The van der Waals surface area contributed by atoms with Crippen molar-refractivity contribution in [3.05, 3.63) is 64.2 Å². The van der Waals surface area contributed by atoms with Crippen LogP contribution >= 0.6 is 0 Å². The van der Waals surface area contributed by atoms with Gasteiger partial charge in [-0.1, -0.05) is 30.3 Å². The lowest BCUT2D eigenvalue weighted by molar-refractivity contribution is 0.117. The van der Waals surface area contributed by atoms with Crippen LogP contribution in [-0.2, 0) is 0 Å². The number of rotatable bonds is 2. The zero-order chi connectivity index (χ0) is 15.0. The van der Waals surface area contributed by atoms with Crippen molar-refractivity contribution in [2.75, 3.05) is 6.61 Å². The highest BCUT2D eigenvalue weighted by Gasteiger charge is 2.29. The summed E-state index contributed by atoms with van der Waals surface area (Å²) >= 11 is 0. The highest BCUT2D eigenvalue weighted by Crippen LogP contribution is 2.42. The van der Waals surface area contributed by atoms with Gasteiger partial charge in [0.05, 0.1) is 12.7 Å². The molecular weight excluding hydrogens is 260 g/mol. The number of hydrogen-bond acceptors (Lipinski definition) is 2. The molecule has 2 unspecified atom stereocenters. The van der Waals surface area contributed by atoms with Crippen LogP contribution in [0.2, 0.25) is 0 Å². The topological polar surface area (TPSA) is 29.5 Å². The van der Waals surface area contributed by atoms with Gasteiger partial charge in [-0.25, -0.2) is 0 Å². The van der Waals surface area contributed by atoms with Crippen LogP contribution in [0.25, 0.3) is 0 Å². The molecule has 21 heavy (non-hydrogen) atoms. The summed E-state index contributed by atoms with van der Waals surface area (Å²) in [6, 6.07) is 12.3. The predicted molar refractivity (Wildman–Crippen MR) is 84.9 cm³/mol. The molecule has 1 N–H and O–H groups in total. The smallest absolute Gasteiger partial charge is 0.122 e. The quantitative estimate of drug-likeness (QED) is 0.894. The molecule has 0 spiro atoms. The van der Waals surface area contributed by atoms with E-state index in [2.05, 4.69) is 39.0 Å². The maximum absolute atomic E-state index is 10.9. The van der Waals surface area contributed by atoms with Crippen LogP contribution in [0.5, 0.6) is 5.75 Å². The largest absolute Gasteiger partial charge is 0.493 e. The highest BCUT2D eigenvalue weighted by atomic mass is 16.5. The number of hydrogen-bond donors (Lipinski definition) is 1. The molecule has 3 rings (SSSR count). The van der Waals surface area contributed by atoms with Crippen molar-refractivity contribution in [3.63, 3.8) is 0 Å². The predicted octanol–water partition coefficient (Wildman–Crippen LogP) is 4.21. The molecule has 0 fully saturated rings. The van der Waals surface area contributed by atoms with Gasteiger partial charge in [0, 0.05) is 11.5 Å². The maximum atomic E-state index is 10.9. The zero-order valence-corrected chi connectivity index (χ0v) is 12.9. The molecule has 0 aliphatic carbocycles. The summed E-state index contributed by atoms with van der Waals surface area (Å²) in [7, 11) is 0. The van der Waals surface area contributed by atoms with Gasteiger partial charge in [-0.15, -0.1) is 0 Å². The molecule has 1 aliphatic heterocycles. The molecule has 0 amide bonds. The third kappa shape index (κ3) is 2.56. The minimum Gasteiger partial charge on any atom is -0.493 e. The summed E-state index contributed by atoms with van der Waals surface area (Å²) in [6.45, 7) is 6.96. The van der Waals surface area contributed by atoms with E-state index < -0.39 is 6.10 Å². The molecule has 2 aromatic rings. The summed E-state index contributed by atoms with van der Waals surface area (Å²) in [4.78, 5) is 0. The summed E-state index contributed by atoms with van der Waals surface area (Å²) in [5.74, 6) is 1.02.